The van der Waals surface area contributed by atoms with Gasteiger partial charge in [-0.2, -0.15) is 0 Å². The molecule has 5 heteroatoms. The predicted molar refractivity (Wildman–Crippen MR) is 81.8 cm³/mol. The Kier molecular flexibility index (Phi) is 4.47. The Morgan fingerprint density at radius 3 is 2.82 bits per heavy atom. The van der Waals surface area contributed by atoms with Gasteiger partial charge in [0.2, 0.25) is 0 Å². The molecule has 2 fully saturated rings. The number of rotatable bonds is 3. The Hall–Kier alpha value is -1.43. The minimum Gasteiger partial charge on any atom is -0.478 e. The van der Waals surface area contributed by atoms with Gasteiger partial charge in [0.25, 0.3) is 0 Å². The van der Waals surface area contributed by atoms with E-state index in [1.807, 2.05) is 6.07 Å². The number of aliphatic hydroxyl groups excluding tert-OH is 1. The van der Waals surface area contributed by atoms with E-state index >= 15 is 0 Å². The summed E-state index contributed by atoms with van der Waals surface area (Å²) in [5.74, 6) is -0.891. The molecule has 1 aromatic carbocycles. The first-order valence-electron chi connectivity index (χ1n) is 7.96. The number of hydrogen-bond donors (Lipinski definition) is 2. The molecule has 0 aromatic heterocycles. The molecule has 2 aliphatic rings. The number of piperidine rings is 1. The molecular weight excluding hydrogens is 282 g/mol. The van der Waals surface area contributed by atoms with Gasteiger partial charge in [0, 0.05) is 26.2 Å². The third-order valence-electron chi connectivity index (χ3n) is 4.90. The molecule has 0 amide bonds. The van der Waals surface area contributed by atoms with Crippen molar-refractivity contribution in [3.05, 3.63) is 35.4 Å². The van der Waals surface area contributed by atoms with Crippen LogP contribution in [-0.2, 0) is 11.3 Å². The summed E-state index contributed by atoms with van der Waals surface area (Å²) in [5.41, 5.74) is 0.996. The van der Waals surface area contributed by atoms with Crippen molar-refractivity contribution < 1.29 is 19.7 Å². The first kappa shape index (κ1) is 15.5. The Labute approximate surface area is 130 Å². The lowest BCUT2D eigenvalue weighted by molar-refractivity contribution is -0.177. The summed E-state index contributed by atoms with van der Waals surface area (Å²) in [6, 6.07) is 7.10. The lowest BCUT2D eigenvalue weighted by Crippen LogP contribution is -2.55. The van der Waals surface area contributed by atoms with Crippen LogP contribution in [-0.4, -0.2) is 52.5 Å². The van der Waals surface area contributed by atoms with Gasteiger partial charge in [0.05, 0.1) is 17.3 Å². The summed E-state index contributed by atoms with van der Waals surface area (Å²) in [6.07, 6.45) is 3.10. The van der Waals surface area contributed by atoms with Gasteiger partial charge in [-0.1, -0.05) is 12.1 Å². The fourth-order valence-corrected chi connectivity index (χ4v) is 3.54. The van der Waals surface area contributed by atoms with Crippen LogP contribution < -0.4 is 0 Å². The number of carboxylic acid groups (broad SMARTS) is 1. The number of ether oxygens (including phenoxy) is 1. The molecule has 3 rings (SSSR count). The zero-order chi connectivity index (χ0) is 15.6. The Morgan fingerprint density at radius 1 is 1.36 bits per heavy atom. The number of carbonyl (C=O) groups is 1. The van der Waals surface area contributed by atoms with Crippen LogP contribution in [0.2, 0.25) is 0 Å². The van der Waals surface area contributed by atoms with Crippen molar-refractivity contribution in [3.8, 4) is 0 Å². The SMILES string of the molecule is O=C(O)c1cccc(CN2CCC3(CC2)OCCC[C@@H]3O)c1. The highest BCUT2D eigenvalue weighted by molar-refractivity contribution is 5.87. The summed E-state index contributed by atoms with van der Waals surface area (Å²) in [5, 5.41) is 19.3. The predicted octanol–water partition coefficient (Wildman–Crippen LogP) is 1.89. The molecule has 0 radical (unpaired) electrons. The van der Waals surface area contributed by atoms with E-state index in [9.17, 15) is 9.90 Å². The van der Waals surface area contributed by atoms with Crippen molar-refractivity contribution in [1.82, 2.24) is 4.90 Å². The van der Waals surface area contributed by atoms with E-state index in [0.29, 0.717) is 5.56 Å². The van der Waals surface area contributed by atoms with E-state index in [2.05, 4.69) is 4.90 Å². The topological polar surface area (TPSA) is 70.0 Å². The third kappa shape index (κ3) is 3.16. The van der Waals surface area contributed by atoms with Crippen molar-refractivity contribution in [2.45, 2.75) is 43.9 Å². The van der Waals surface area contributed by atoms with E-state index < -0.39 is 5.97 Å². The third-order valence-corrected chi connectivity index (χ3v) is 4.90. The first-order chi connectivity index (χ1) is 10.6. The molecule has 22 heavy (non-hydrogen) atoms. The highest BCUT2D eigenvalue weighted by atomic mass is 16.5. The van der Waals surface area contributed by atoms with Crippen molar-refractivity contribution >= 4 is 5.97 Å². The van der Waals surface area contributed by atoms with Crippen LogP contribution in [0.3, 0.4) is 0 Å². The number of carboxylic acids is 1. The fourth-order valence-electron chi connectivity index (χ4n) is 3.54. The smallest absolute Gasteiger partial charge is 0.335 e. The lowest BCUT2D eigenvalue weighted by Gasteiger charge is -2.46. The first-order valence-corrected chi connectivity index (χ1v) is 7.96. The molecule has 0 unspecified atom stereocenters. The Morgan fingerprint density at radius 2 is 2.14 bits per heavy atom. The molecule has 5 nitrogen and oxygen atoms in total. The summed E-state index contributed by atoms with van der Waals surface area (Å²) in [6.45, 7) is 3.23. The summed E-state index contributed by atoms with van der Waals surface area (Å²) >= 11 is 0. The average Bonchev–Trinajstić information content (AvgIpc) is 2.53. The molecule has 1 spiro atoms. The van der Waals surface area contributed by atoms with Crippen LogP contribution in [0.4, 0.5) is 0 Å². The zero-order valence-electron chi connectivity index (χ0n) is 12.7. The van der Waals surface area contributed by atoms with Crippen molar-refractivity contribution in [1.29, 1.82) is 0 Å². The van der Waals surface area contributed by atoms with Crippen LogP contribution >= 0.6 is 0 Å². The maximum atomic E-state index is 11.0. The number of aromatic carboxylic acids is 1. The highest BCUT2D eigenvalue weighted by Gasteiger charge is 2.43. The van der Waals surface area contributed by atoms with Crippen LogP contribution in [0.5, 0.6) is 0 Å². The molecule has 120 valence electrons. The number of likely N-dealkylation sites (tertiary alicyclic amines) is 1. The van der Waals surface area contributed by atoms with Crippen LogP contribution in [0.1, 0.15) is 41.6 Å². The summed E-state index contributed by atoms with van der Waals surface area (Å²) in [7, 11) is 0. The van der Waals surface area contributed by atoms with Crippen LogP contribution in [0.15, 0.2) is 24.3 Å². The minimum absolute atomic E-state index is 0.331. The van der Waals surface area contributed by atoms with Crippen molar-refractivity contribution in [2.24, 2.45) is 0 Å². The largest absolute Gasteiger partial charge is 0.478 e. The molecule has 1 atom stereocenters. The van der Waals surface area contributed by atoms with E-state index in [-0.39, 0.29) is 11.7 Å². The summed E-state index contributed by atoms with van der Waals surface area (Å²) in [4.78, 5) is 13.3. The zero-order valence-corrected chi connectivity index (χ0v) is 12.7. The molecule has 0 aliphatic carbocycles. The summed E-state index contributed by atoms with van der Waals surface area (Å²) < 4.78 is 5.91. The van der Waals surface area contributed by atoms with E-state index in [4.69, 9.17) is 9.84 Å². The molecule has 2 saturated heterocycles. The Balaban J connectivity index is 1.60. The Bertz CT molecular complexity index is 537. The van der Waals surface area contributed by atoms with Gasteiger partial charge in [0.1, 0.15) is 0 Å². The standard InChI is InChI=1S/C17H23NO4/c19-15-5-2-10-22-17(15)6-8-18(9-7-17)12-13-3-1-4-14(11-13)16(20)21/h1,3-4,11,15,19H,2,5-10,12H2,(H,20,21)/t15-/m0/s1. The van der Waals surface area contributed by atoms with Gasteiger partial charge < -0.3 is 14.9 Å². The average molecular weight is 305 g/mol. The van der Waals surface area contributed by atoms with Gasteiger partial charge in [0.15, 0.2) is 0 Å². The van der Waals surface area contributed by atoms with E-state index in [0.717, 1.165) is 57.5 Å². The lowest BCUT2D eigenvalue weighted by atomic mass is 9.82. The molecular formula is C17H23NO4. The van der Waals surface area contributed by atoms with Crippen LogP contribution in [0.25, 0.3) is 0 Å². The molecule has 0 bridgehead atoms. The second-order valence-corrected chi connectivity index (χ2v) is 6.35. The quantitative estimate of drug-likeness (QED) is 0.892. The molecule has 0 saturated carbocycles. The van der Waals surface area contributed by atoms with Crippen LogP contribution in [0, 0.1) is 0 Å². The highest BCUT2D eigenvalue weighted by Crippen LogP contribution is 2.35. The van der Waals surface area contributed by atoms with E-state index in [1.165, 1.54) is 0 Å². The molecule has 1 aromatic rings. The molecule has 2 heterocycles. The molecule has 2 aliphatic heterocycles. The van der Waals surface area contributed by atoms with Gasteiger partial charge >= 0.3 is 5.97 Å². The number of aliphatic hydroxyl groups is 1. The van der Waals surface area contributed by atoms with Gasteiger partial charge in [-0.25, -0.2) is 4.79 Å². The monoisotopic (exact) mass is 305 g/mol. The van der Waals surface area contributed by atoms with Gasteiger partial charge in [-0.15, -0.1) is 0 Å². The maximum Gasteiger partial charge on any atom is 0.335 e. The van der Waals surface area contributed by atoms with Gasteiger partial charge in [-0.3, -0.25) is 4.90 Å². The maximum absolute atomic E-state index is 11.0. The van der Waals surface area contributed by atoms with E-state index in [1.54, 1.807) is 18.2 Å². The van der Waals surface area contributed by atoms with Crippen molar-refractivity contribution in [2.75, 3.05) is 19.7 Å². The van der Waals surface area contributed by atoms with Gasteiger partial charge in [-0.05, 0) is 43.4 Å². The fraction of sp³-hybridized carbons (Fsp3) is 0.588. The molecule has 2 N–H and O–H groups in total. The number of benzene rings is 1. The number of nitrogens with zero attached hydrogens (tertiary/aromatic N) is 1. The second kappa shape index (κ2) is 6.36. The number of hydrogen-bond acceptors (Lipinski definition) is 4. The minimum atomic E-state index is -0.891. The second-order valence-electron chi connectivity index (χ2n) is 6.35. The van der Waals surface area contributed by atoms with Crippen molar-refractivity contribution in [3.63, 3.8) is 0 Å². The normalized spacial score (nSPS) is 25.2.